The summed E-state index contributed by atoms with van der Waals surface area (Å²) in [6, 6.07) is 15.3. The van der Waals surface area contributed by atoms with Gasteiger partial charge in [0, 0.05) is 5.56 Å². The molecule has 0 saturated heterocycles. The topological polar surface area (TPSA) is 79.1 Å². The van der Waals surface area contributed by atoms with Crippen LogP contribution in [0.3, 0.4) is 0 Å². The Morgan fingerprint density at radius 1 is 1.07 bits per heavy atom. The average molecular weight is 404 g/mol. The fourth-order valence-electron chi connectivity index (χ4n) is 3.15. The highest BCUT2D eigenvalue weighted by atomic mass is 32.2. The van der Waals surface area contributed by atoms with Gasteiger partial charge in [-0.2, -0.15) is 5.10 Å². The van der Waals surface area contributed by atoms with Gasteiger partial charge in [-0.3, -0.25) is 4.79 Å². The van der Waals surface area contributed by atoms with Crippen molar-refractivity contribution in [2.24, 2.45) is 0 Å². The van der Waals surface area contributed by atoms with Crippen molar-refractivity contribution >= 4 is 28.6 Å². The van der Waals surface area contributed by atoms with E-state index in [1.54, 1.807) is 24.4 Å². The molecule has 0 saturated carbocycles. The number of carbonyl (C=O) groups is 1. The first kappa shape index (κ1) is 17.7. The van der Waals surface area contributed by atoms with E-state index in [0.29, 0.717) is 23.6 Å². The zero-order valence-electron chi connectivity index (χ0n) is 15.3. The van der Waals surface area contributed by atoms with Gasteiger partial charge in [0.05, 0.1) is 23.9 Å². The van der Waals surface area contributed by atoms with E-state index in [1.165, 1.54) is 18.1 Å². The maximum absolute atomic E-state index is 12.6. The summed E-state index contributed by atoms with van der Waals surface area (Å²) >= 11 is 1.38. The molecule has 0 amide bonds. The third-order valence-electron chi connectivity index (χ3n) is 4.61. The number of hydrogen-bond acceptors (Lipinski definition) is 7. The highest BCUT2D eigenvalue weighted by Gasteiger charge is 2.17. The third-order valence-corrected chi connectivity index (χ3v) is 5.61. The molecule has 4 aromatic rings. The van der Waals surface area contributed by atoms with Gasteiger partial charge in [0.1, 0.15) is 11.4 Å². The van der Waals surface area contributed by atoms with E-state index in [1.807, 2.05) is 35.0 Å². The lowest BCUT2D eigenvalue weighted by Gasteiger charge is -2.05. The van der Waals surface area contributed by atoms with Gasteiger partial charge in [0.15, 0.2) is 22.9 Å². The number of thioether (sulfide) groups is 1. The van der Waals surface area contributed by atoms with Gasteiger partial charge in [-0.1, -0.05) is 42.1 Å². The molecular weight excluding hydrogens is 388 g/mol. The molecule has 7 nitrogen and oxygen atoms in total. The highest BCUT2D eigenvalue weighted by Crippen LogP contribution is 2.33. The molecule has 0 unspecified atom stereocenters. The van der Waals surface area contributed by atoms with Crippen molar-refractivity contribution in [2.45, 2.75) is 11.6 Å². The van der Waals surface area contributed by atoms with Crippen molar-refractivity contribution in [3.8, 4) is 11.5 Å². The minimum absolute atomic E-state index is 0.00302. The predicted molar refractivity (Wildman–Crippen MR) is 108 cm³/mol. The summed E-state index contributed by atoms with van der Waals surface area (Å²) in [6.45, 7) is 0.815. The molecule has 5 rings (SSSR count). The maximum atomic E-state index is 12.6. The smallest absolute Gasteiger partial charge is 0.231 e. The molecule has 2 aromatic carbocycles. The Bertz CT molecular complexity index is 1190. The molecule has 29 heavy (non-hydrogen) atoms. The van der Waals surface area contributed by atoms with Crippen molar-refractivity contribution < 1.29 is 14.3 Å². The van der Waals surface area contributed by atoms with Crippen molar-refractivity contribution in [3.63, 3.8) is 0 Å². The molecule has 2 aromatic heterocycles. The van der Waals surface area contributed by atoms with E-state index in [4.69, 9.17) is 9.47 Å². The van der Waals surface area contributed by atoms with Crippen LogP contribution < -0.4 is 9.47 Å². The Morgan fingerprint density at radius 2 is 1.93 bits per heavy atom. The van der Waals surface area contributed by atoms with E-state index < -0.39 is 0 Å². The zero-order chi connectivity index (χ0) is 19.6. The second-order valence-electron chi connectivity index (χ2n) is 6.48. The Balaban J connectivity index is 1.33. The SMILES string of the molecule is O=C(CSc1ncnc2c1cnn2Cc1ccccc1)c1ccc2c(c1)OCO2. The van der Waals surface area contributed by atoms with Gasteiger partial charge in [-0.15, -0.1) is 0 Å². The number of rotatable bonds is 6. The number of ketones is 1. The Labute approximate surface area is 170 Å². The third kappa shape index (κ3) is 3.54. The van der Waals surface area contributed by atoms with Gasteiger partial charge in [-0.05, 0) is 23.8 Å². The van der Waals surface area contributed by atoms with Gasteiger partial charge >= 0.3 is 0 Å². The van der Waals surface area contributed by atoms with Gasteiger partial charge in [-0.25, -0.2) is 14.6 Å². The number of ether oxygens (including phenoxy) is 2. The molecular formula is C21H16N4O3S. The number of fused-ring (bicyclic) bond motifs is 2. The number of benzene rings is 2. The van der Waals surface area contributed by atoms with Crippen molar-refractivity contribution in [1.82, 2.24) is 19.7 Å². The van der Waals surface area contributed by atoms with Crippen molar-refractivity contribution in [3.05, 3.63) is 72.2 Å². The predicted octanol–water partition coefficient (Wildman–Crippen LogP) is 3.58. The monoisotopic (exact) mass is 404 g/mol. The van der Waals surface area contributed by atoms with Crippen LogP contribution in [0.5, 0.6) is 11.5 Å². The van der Waals surface area contributed by atoms with Gasteiger partial charge in [0.25, 0.3) is 0 Å². The van der Waals surface area contributed by atoms with Crippen LogP contribution >= 0.6 is 11.8 Å². The van der Waals surface area contributed by atoms with Crippen LogP contribution in [0.15, 0.2) is 66.1 Å². The normalized spacial score (nSPS) is 12.4. The molecule has 0 atom stereocenters. The lowest BCUT2D eigenvalue weighted by Crippen LogP contribution is -2.04. The molecule has 144 valence electrons. The highest BCUT2D eigenvalue weighted by molar-refractivity contribution is 8.00. The fourth-order valence-corrected chi connectivity index (χ4v) is 4.00. The molecule has 0 radical (unpaired) electrons. The van der Waals surface area contributed by atoms with Crippen molar-refractivity contribution in [1.29, 1.82) is 0 Å². The molecule has 0 N–H and O–H groups in total. The summed E-state index contributed by atoms with van der Waals surface area (Å²) in [5, 5.41) is 6.04. The Hall–Kier alpha value is -3.39. The van der Waals surface area contributed by atoms with E-state index in [9.17, 15) is 4.79 Å². The minimum atomic E-state index is -0.00302. The summed E-state index contributed by atoms with van der Waals surface area (Å²) in [5.41, 5.74) is 2.48. The molecule has 0 bridgehead atoms. The van der Waals surface area contributed by atoms with E-state index >= 15 is 0 Å². The fraction of sp³-hybridized carbons (Fsp3) is 0.143. The van der Waals surface area contributed by atoms with Crippen LogP contribution in [0, 0.1) is 0 Å². The summed E-state index contributed by atoms with van der Waals surface area (Å²) in [7, 11) is 0. The standard InChI is InChI=1S/C21H16N4O3S/c26-17(15-6-7-18-19(8-15)28-13-27-18)11-29-21-16-9-24-25(20(16)22-12-23-21)10-14-4-2-1-3-5-14/h1-9,12H,10-11,13H2. The van der Waals surface area contributed by atoms with Crippen LogP contribution in [-0.4, -0.2) is 38.1 Å². The molecule has 0 fully saturated rings. The largest absolute Gasteiger partial charge is 0.454 e. The lowest BCUT2D eigenvalue weighted by molar-refractivity contribution is 0.102. The Kier molecular flexibility index (Phi) is 4.61. The van der Waals surface area contributed by atoms with Crippen LogP contribution in [-0.2, 0) is 6.54 Å². The second kappa shape index (κ2) is 7.56. The number of carbonyl (C=O) groups excluding carboxylic acids is 1. The van der Waals surface area contributed by atoms with Crippen LogP contribution in [0.1, 0.15) is 15.9 Å². The van der Waals surface area contributed by atoms with Crippen molar-refractivity contribution in [2.75, 3.05) is 12.5 Å². The van der Waals surface area contributed by atoms with Gasteiger partial charge < -0.3 is 9.47 Å². The first-order valence-electron chi connectivity index (χ1n) is 9.04. The first-order chi connectivity index (χ1) is 14.3. The Morgan fingerprint density at radius 3 is 2.83 bits per heavy atom. The molecule has 0 aliphatic carbocycles. The number of hydrogen-bond donors (Lipinski definition) is 0. The molecule has 1 aliphatic rings. The van der Waals surface area contributed by atoms with Crippen LogP contribution in [0.25, 0.3) is 11.0 Å². The summed E-state index contributed by atoms with van der Waals surface area (Å²) in [4.78, 5) is 21.4. The van der Waals surface area contributed by atoms with E-state index in [-0.39, 0.29) is 18.3 Å². The van der Waals surface area contributed by atoms with Gasteiger partial charge in [0.2, 0.25) is 6.79 Å². The van der Waals surface area contributed by atoms with E-state index in [2.05, 4.69) is 15.1 Å². The van der Waals surface area contributed by atoms with Crippen LogP contribution in [0.4, 0.5) is 0 Å². The molecule has 0 spiro atoms. The minimum Gasteiger partial charge on any atom is -0.454 e. The van der Waals surface area contributed by atoms with Crippen LogP contribution in [0.2, 0.25) is 0 Å². The summed E-state index contributed by atoms with van der Waals surface area (Å²) < 4.78 is 12.5. The average Bonchev–Trinajstić information content (AvgIpc) is 3.39. The maximum Gasteiger partial charge on any atom is 0.231 e. The molecule has 3 heterocycles. The van der Waals surface area contributed by atoms with E-state index in [0.717, 1.165) is 21.6 Å². The number of nitrogens with zero attached hydrogens (tertiary/aromatic N) is 4. The zero-order valence-corrected chi connectivity index (χ0v) is 16.1. The summed E-state index contributed by atoms with van der Waals surface area (Å²) in [5.74, 6) is 1.53. The second-order valence-corrected chi connectivity index (χ2v) is 7.45. The first-order valence-corrected chi connectivity index (χ1v) is 10.0. The number of aromatic nitrogens is 4. The molecule has 1 aliphatic heterocycles. The lowest BCUT2D eigenvalue weighted by atomic mass is 10.1. The number of Topliss-reactive ketones (excluding diaryl/α,β-unsaturated/α-hetero) is 1. The molecule has 8 heteroatoms. The summed E-state index contributed by atoms with van der Waals surface area (Å²) in [6.07, 6.45) is 3.27. The quantitative estimate of drug-likeness (QED) is 0.276.